The monoisotopic (exact) mass is 349 g/mol. The first kappa shape index (κ1) is 15.4. The van der Waals surface area contributed by atoms with Gasteiger partial charge < -0.3 is 9.30 Å². The first-order valence-corrected chi connectivity index (χ1v) is 8.26. The maximum atomic E-state index is 12.0. The van der Waals surface area contributed by atoms with E-state index in [2.05, 4.69) is 4.98 Å². The van der Waals surface area contributed by atoms with E-state index in [1.54, 1.807) is 18.4 Å². The summed E-state index contributed by atoms with van der Waals surface area (Å²) < 4.78 is 6.56. The summed E-state index contributed by atoms with van der Waals surface area (Å²) in [6.07, 6.45) is 1.27. The number of ether oxygens (including phenoxy) is 1. The molecule has 0 bridgehead atoms. The zero-order valence-corrected chi connectivity index (χ0v) is 13.6. The fraction of sp³-hybridized carbons (Fsp3) is 0.143. The number of aromatic nitrogens is 2. The molecule has 23 heavy (non-hydrogen) atoms. The highest BCUT2D eigenvalue weighted by Gasteiger charge is 2.19. The van der Waals surface area contributed by atoms with Crippen LogP contribution in [0.3, 0.4) is 0 Å². The van der Waals surface area contributed by atoms with Gasteiger partial charge in [0, 0.05) is 18.5 Å². The van der Waals surface area contributed by atoms with Gasteiger partial charge in [0.2, 0.25) is 0 Å². The number of nitrogens with zero attached hydrogens (tertiary/aromatic N) is 3. The summed E-state index contributed by atoms with van der Waals surface area (Å²) >= 11 is 3.07. The quantitative estimate of drug-likeness (QED) is 0.400. The van der Waals surface area contributed by atoms with Crippen molar-refractivity contribution in [2.75, 3.05) is 0 Å². The molecule has 0 fully saturated rings. The Hall–Kier alpha value is -2.52. The van der Waals surface area contributed by atoms with Gasteiger partial charge in [-0.25, -0.2) is 9.78 Å². The number of thiophene rings is 1. The van der Waals surface area contributed by atoms with Crippen LogP contribution in [-0.4, -0.2) is 20.4 Å². The average molecular weight is 349 g/mol. The Morgan fingerprint density at radius 1 is 1.48 bits per heavy atom. The first-order valence-electron chi connectivity index (χ1n) is 6.51. The molecule has 0 N–H and O–H groups in total. The molecule has 0 aliphatic rings. The van der Waals surface area contributed by atoms with E-state index >= 15 is 0 Å². The molecule has 0 amide bonds. The number of carbonyl (C=O) groups excluding carboxylic acids is 1. The lowest BCUT2D eigenvalue weighted by molar-refractivity contribution is -0.384. The lowest BCUT2D eigenvalue weighted by atomic mass is 10.4. The van der Waals surface area contributed by atoms with E-state index in [4.69, 9.17) is 4.74 Å². The summed E-state index contributed by atoms with van der Waals surface area (Å²) in [4.78, 5) is 27.7. The van der Waals surface area contributed by atoms with E-state index < -0.39 is 10.9 Å². The van der Waals surface area contributed by atoms with Crippen molar-refractivity contribution >= 4 is 34.3 Å². The second-order valence-corrected chi connectivity index (χ2v) is 6.45. The van der Waals surface area contributed by atoms with Gasteiger partial charge in [0.05, 0.1) is 21.7 Å². The second-order valence-electron chi connectivity index (χ2n) is 4.65. The zero-order valence-electron chi connectivity index (χ0n) is 12.0. The molecule has 3 aromatic heterocycles. The van der Waals surface area contributed by atoms with Crippen molar-refractivity contribution in [3.05, 3.63) is 56.7 Å². The SMILES string of the molecule is Cn1cc([N+](=O)[O-])cc1C(=O)OCc1csc(-c2cccs2)n1. The Labute approximate surface area is 138 Å². The Kier molecular flexibility index (Phi) is 4.22. The van der Waals surface area contributed by atoms with Crippen molar-refractivity contribution in [1.82, 2.24) is 9.55 Å². The number of aryl methyl sites for hydroxylation is 1. The number of rotatable bonds is 5. The molecule has 0 spiro atoms. The third-order valence-electron chi connectivity index (χ3n) is 3.05. The Bertz CT molecular complexity index is 851. The van der Waals surface area contributed by atoms with Crippen molar-refractivity contribution in [2.24, 2.45) is 7.05 Å². The Morgan fingerprint density at radius 2 is 2.30 bits per heavy atom. The molecule has 9 heteroatoms. The van der Waals surface area contributed by atoms with E-state index in [0.717, 1.165) is 9.88 Å². The van der Waals surface area contributed by atoms with Crippen LogP contribution in [0.15, 0.2) is 35.2 Å². The number of hydrogen-bond acceptors (Lipinski definition) is 7. The molecule has 3 rings (SSSR count). The summed E-state index contributed by atoms with van der Waals surface area (Å²) in [5.41, 5.74) is 0.633. The van der Waals surface area contributed by atoms with Gasteiger partial charge in [-0.1, -0.05) is 6.07 Å². The first-order chi connectivity index (χ1) is 11.0. The Morgan fingerprint density at radius 3 is 2.96 bits per heavy atom. The zero-order chi connectivity index (χ0) is 16.4. The fourth-order valence-electron chi connectivity index (χ4n) is 1.95. The molecule has 0 unspecified atom stereocenters. The number of hydrogen-bond donors (Lipinski definition) is 0. The molecule has 118 valence electrons. The van der Waals surface area contributed by atoms with Gasteiger partial charge in [0.25, 0.3) is 5.69 Å². The lowest BCUT2D eigenvalue weighted by Crippen LogP contribution is -2.09. The highest BCUT2D eigenvalue weighted by atomic mass is 32.1. The third-order valence-corrected chi connectivity index (χ3v) is 4.98. The van der Waals surface area contributed by atoms with Crippen LogP contribution in [0.4, 0.5) is 5.69 Å². The minimum Gasteiger partial charge on any atom is -0.454 e. The van der Waals surface area contributed by atoms with Gasteiger partial charge in [-0.2, -0.15) is 0 Å². The summed E-state index contributed by atoms with van der Waals surface area (Å²) in [5.74, 6) is -0.619. The molecule has 0 atom stereocenters. The highest BCUT2D eigenvalue weighted by molar-refractivity contribution is 7.20. The van der Waals surface area contributed by atoms with Crippen LogP contribution in [0.5, 0.6) is 0 Å². The molecule has 0 aromatic carbocycles. The maximum absolute atomic E-state index is 12.0. The number of esters is 1. The lowest BCUT2D eigenvalue weighted by Gasteiger charge is -2.03. The van der Waals surface area contributed by atoms with Crippen LogP contribution in [0.25, 0.3) is 9.88 Å². The largest absolute Gasteiger partial charge is 0.454 e. The summed E-state index contributed by atoms with van der Waals surface area (Å²) in [7, 11) is 1.56. The van der Waals surface area contributed by atoms with Gasteiger partial charge >= 0.3 is 5.97 Å². The van der Waals surface area contributed by atoms with Gasteiger partial charge in [-0.15, -0.1) is 22.7 Å². The van der Waals surface area contributed by atoms with Crippen LogP contribution >= 0.6 is 22.7 Å². The average Bonchev–Trinajstić information content (AvgIpc) is 3.24. The molecule has 0 aliphatic carbocycles. The van der Waals surface area contributed by atoms with Gasteiger partial charge in [0.1, 0.15) is 17.3 Å². The molecule has 0 radical (unpaired) electrons. The van der Waals surface area contributed by atoms with Crippen LogP contribution in [0, 0.1) is 10.1 Å². The van der Waals surface area contributed by atoms with E-state index in [1.165, 1.54) is 28.2 Å². The molecule has 3 heterocycles. The van der Waals surface area contributed by atoms with E-state index in [0.29, 0.717) is 5.69 Å². The number of carbonyl (C=O) groups is 1. The normalized spacial score (nSPS) is 10.7. The fourth-order valence-corrected chi connectivity index (χ4v) is 3.57. The standard InChI is InChI=1S/C14H11N3O4S2/c1-16-6-10(17(19)20)5-11(16)14(18)21-7-9-8-23-13(15-9)12-3-2-4-22-12/h2-6,8H,7H2,1H3. The third kappa shape index (κ3) is 3.30. The van der Waals surface area contributed by atoms with Crippen molar-refractivity contribution in [3.8, 4) is 9.88 Å². The van der Waals surface area contributed by atoms with Crippen LogP contribution in [-0.2, 0) is 18.4 Å². The van der Waals surface area contributed by atoms with Crippen molar-refractivity contribution < 1.29 is 14.5 Å². The molecule has 7 nitrogen and oxygen atoms in total. The highest BCUT2D eigenvalue weighted by Crippen LogP contribution is 2.28. The van der Waals surface area contributed by atoms with Crippen molar-refractivity contribution in [1.29, 1.82) is 0 Å². The minimum atomic E-state index is -0.619. The van der Waals surface area contributed by atoms with Crippen molar-refractivity contribution in [3.63, 3.8) is 0 Å². The topological polar surface area (TPSA) is 87.3 Å². The predicted molar refractivity (Wildman–Crippen MR) is 86.6 cm³/mol. The van der Waals surface area contributed by atoms with E-state index in [1.807, 2.05) is 22.9 Å². The van der Waals surface area contributed by atoms with E-state index in [9.17, 15) is 14.9 Å². The maximum Gasteiger partial charge on any atom is 0.355 e. The molecule has 0 saturated heterocycles. The van der Waals surface area contributed by atoms with Crippen LogP contribution in [0.1, 0.15) is 16.2 Å². The van der Waals surface area contributed by atoms with Gasteiger partial charge in [0.15, 0.2) is 0 Å². The second kappa shape index (κ2) is 6.31. The van der Waals surface area contributed by atoms with Gasteiger partial charge in [-0.05, 0) is 11.4 Å². The molecule has 3 aromatic rings. The molecule has 0 saturated carbocycles. The molecular weight excluding hydrogens is 338 g/mol. The molecular formula is C14H11N3O4S2. The minimum absolute atomic E-state index is 0.0275. The summed E-state index contributed by atoms with van der Waals surface area (Å²) in [6, 6.07) is 5.12. The van der Waals surface area contributed by atoms with Gasteiger partial charge in [-0.3, -0.25) is 10.1 Å². The molecule has 0 aliphatic heterocycles. The smallest absolute Gasteiger partial charge is 0.355 e. The summed E-state index contributed by atoms with van der Waals surface area (Å²) in [5, 5.41) is 15.4. The summed E-state index contributed by atoms with van der Waals surface area (Å²) in [6.45, 7) is 0.0275. The van der Waals surface area contributed by atoms with E-state index in [-0.39, 0.29) is 18.0 Å². The van der Waals surface area contributed by atoms with Crippen LogP contribution < -0.4 is 0 Å². The number of nitro groups is 1. The predicted octanol–water partition coefficient (Wildman–Crippen LogP) is 3.48. The van der Waals surface area contributed by atoms with Crippen molar-refractivity contribution in [2.45, 2.75) is 6.61 Å². The van der Waals surface area contributed by atoms with Crippen LogP contribution in [0.2, 0.25) is 0 Å². The number of thiazole rings is 1. The Balaban J connectivity index is 1.66.